The first kappa shape index (κ1) is 14.8. The zero-order chi connectivity index (χ0) is 16.4. The average molecular weight is 308 g/mol. The highest BCUT2D eigenvalue weighted by molar-refractivity contribution is 5.94. The fraction of sp³-hybridized carbons (Fsp3) is 0.118. The molecule has 0 amide bonds. The predicted molar refractivity (Wildman–Crippen MR) is 90.2 cm³/mol. The van der Waals surface area contributed by atoms with Crippen molar-refractivity contribution in [1.82, 2.24) is 4.98 Å². The molecule has 0 aliphatic rings. The van der Waals surface area contributed by atoms with Crippen molar-refractivity contribution in [2.75, 3.05) is 19.0 Å². The Bertz CT molecular complexity index is 879. The van der Waals surface area contributed by atoms with Crippen LogP contribution in [0.2, 0.25) is 0 Å². The number of aromatic amines is 1. The molecule has 2 N–H and O–H groups in total. The first-order valence-electron chi connectivity index (χ1n) is 7.08. The van der Waals surface area contributed by atoms with Crippen molar-refractivity contribution in [2.24, 2.45) is 10.2 Å². The quantitative estimate of drug-likeness (QED) is 0.703. The fourth-order valence-corrected chi connectivity index (χ4v) is 2.23. The molecule has 23 heavy (non-hydrogen) atoms. The van der Waals surface area contributed by atoms with Gasteiger partial charge in [0, 0.05) is 30.7 Å². The normalized spacial score (nSPS) is 11.2. The first-order chi connectivity index (χ1) is 11.0. The van der Waals surface area contributed by atoms with E-state index in [1.54, 1.807) is 24.3 Å². The van der Waals surface area contributed by atoms with Crippen molar-refractivity contribution in [2.45, 2.75) is 0 Å². The van der Waals surface area contributed by atoms with E-state index in [1.165, 1.54) is 0 Å². The van der Waals surface area contributed by atoms with Crippen LogP contribution in [0.3, 0.4) is 0 Å². The van der Waals surface area contributed by atoms with Gasteiger partial charge in [-0.3, -0.25) is 0 Å². The summed E-state index contributed by atoms with van der Waals surface area (Å²) in [5, 5.41) is 18.2. The third-order valence-corrected chi connectivity index (χ3v) is 3.48. The van der Waals surface area contributed by atoms with Gasteiger partial charge in [-0.05, 0) is 48.5 Å². The number of aromatic nitrogens is 1. The molecule has 2 aromatic carbocycles. The number of hydrogen-bond acceptors (Lipinski definition) is 4. The standard InChI is InChI=1S/C17H16N4O2/c1-21(2)14-6-3-12(4-7-14)19-20-13-5-8-15-11(9-13)10-16(18-15)17(22)23/h3-10,18H,1-2H3,(H,22,23). The number of nitrogens with one attached hydrogen (secondary N) is 1. The maximum atomic E-state index is 11.0. The van der Waals surface area contributed by atoms with Crippen LogP contribution >= 0.6 is 0 Å². The lowest BCUT2D eigenvalue weighted by atomic mass is 10.2. The molecule has 3 rings (SSSR count). The van der Waals surface area contributed by atoms with Crippen LogP contribution in [0.5, 0.6) is 0 Å². The minimum Gasteiger partial charge on any atom is -0.477 e. The molecule has 0 saturated carbocycles. The fourth-order valence-electron chi connectivity index (χ4n) is 2.23. The van der Waals surface area contributed by atoms with E-state index in [9.17, 15) is 4.79 Å². The molecule has 0 aliphatic heterocycles. The van der Waals surface area contributed by atoms with E-state index in [1.807, 2.05) is 43.3 Å². The summed E-state index contributed by atoms with van der Waals surface area (Å²) in [6, 6.07) is 14.7. The van der Waals surface area contributed by atoms with Gasteiger partial charge < -0.3 is 15.0 Å². The average Bonchev–Trinajstić information content (AvgIpc) is 2.97. The van der Waals surface area contributed by atoms with Crippen molar-refractivity contribution in [3.8, 4) is 0 Å². The van der Waals surface area contributed by atoms with E-state index in [-0.39, 0.29) is 5.69 Å². The number of benzene rings is 2. The summed E-state index contributed by atoms with van der Waals surface area (Å²) < 4.78 is 0. The van der Waals surface area contributed by atoms with Gasteiger partial charge in [0.1, 0.15) is 5.69 Å². The lowest BCUT2D eigenvalue weighted by molar-refractivity contribution is 0.0691. The maximum absolute atomic E-state index is 11.0. The van der Waals surface area contributed by atoms with E-state index in [2.05, 4.69) is 15.2 Å². The first-order valence-corrected chi connectivity index (χ1v) is 7.08. The van der Waals surface area contributed by atoms with E-state index >= 15 is 0 Å². The summed E-state index contributed by atoms with van der Waals surface area (Å²) in [7, 11) is 3.96. The van der Waals surface area contributed by atoms with Crippen LogP contribution in [0, 0.1) is 0 Å². The third-order valence-electron chi connectivity index (χ3n) is 3.48. The Morgan fingerprint density at radius 1 is 1.00 bits per heavy atom. The maximum Gasteiger partial charge on any atom is 0.352 e. The molecule has 1 heterocycles. The predicted octanol–water partition coefficient (Wildman–Crippen LogP) is 4.35. The number of H-pyrrole nitrogens is 1. The van der Waals surface area contributed by atoms with E-state index in [0.717, 1.165) is 22.3 Å². The minimum atomic E-state index is -0.981. The Kier molecular flexibility index (Phi) is 3.80. The number of nitrogens with zero attached hydrogens (tertiary/aromatic N) is 3. The van der Waals surface area contributed by atoms with Crippen LogP contribution in [-0.4, -0.2) is 30.2 Å². The second-order valence-corrected chi connectivity index (χ2v) is 5.37. The molecule has 6 heteroatoms. The summed E-state index contributed by atoms with van der Waals surface area (Å²) >= 11 is 0. The van der Waals surface area contributed by atoms with Crippen molar-refractivity contribution in [3.05, 3.63) is 54.2 Å². The Labute approximate surface area is 133 Å². The second-order valence-electron chi connectivity index (χ2n) is 5.37. The largest absolute Gasteiger partial charge is 0.477 e. The highest BCUT2D eigenvalue weighted by atomic mass is 16.4. The van der Waals surface area contributed by atoms with Crippen LogP contribution in [0.25, 0.3) is 10.9 Å². The van der Waals surface area contributed by atoms with Crippen molar-refractivity contribution in [3.63, 3.8) is 0 Å². The number of rotatable bonds is 4. The molecule has 1 aromatic heterocycles. The minimum absolute atomic E-state index is 0.161. The number of fused-ring (bicyclic) bond motifs is 1. The van der Waals surface area contributed by atoms with E-state index in [0.29, 0.717) is 5.69 Å². The van der Waals surface area contributed by atoms with Crippen LogP contribution in [0.1, 0.15) is 10.5 Å². The molecule has 0 saturated heterocycles. The topological polar surface area (TPSA) is 81.0 Å². The van der Waals surface area contributed by atoms with Gasteiger partial charge in [-0.1, -0.05) is 0 Å². The van der Waals surface area contributed by atoms with Crippen LogP contribution in [0.15, 0.2) is 58.8 Å². The number of carboxylic acid groups (broad SMARTS) is 1. The van der Waals surface area contributed by atoms with E-state index < -0.39 is 5.97 Å². The van der Waals surface area contributed by atoms with Crippen molar-refractivity contribution in [1.29, 1.82) is 0 Å². The monoisotopic (exact) mass is 308 g/mol. The molecule has 0 bridgehead atoms. The van der Waals surface area contributed by atoms with Gasteiger partial charge in [0.2, 0.25) is 0 Å². The van der Waals surface area contributed by atoms with Gasteiger partial charge >= 0.3 is 5.97 Å². The molecule has 0 unspecified atom stereocenters. The smallest absolute Gasteiger partial charge is 0.352 e. The summed E-state index contributed by atoms with van der Waals surface area (Å²) in [5.74, 6) is -0.981. The van der Waals surface area contributed by atoms with Gasteiger partial charge in [-0.2, -0.15) is 10.2 Å². The Morgan fingerprint density at radius 3 is 2.30 bits per heavy atom. The summed E-state index contributed by atoms with van der Waals surface area (Å²) in [5.41, 5.74) is 3.45. The van der Waals surface area contributed by atoms with Crippen LogP contribution in [-0.2, 0) is 0 Å². The molecule has 0 spiro atoms. The molecule has 3 aromatic rings. The second kappa shape index (κ2) is 5.92. The van der Waals surface area contributed by atoms with Crippen LogP contribution < -0.4 is 4.90 Å². The summed E-state index contributed by atoms with van der Waals surface area (Å²) in [4.78, 5) is 15.8. The lowest BCUT2D eigenvalue weighted by Gasteiger charge is -2.11. The molecule has 0 radical (unpaired) electrons. The molecule has 0 atom stereocenters. The van der Waals surface area contributed by atoms with Gasteiger partial charge in [0.05, 0.1) is 11.4 Å². The molecule has 116 valence electrons. The number of hydrogen-bond donors (Lipinski definition) is 2. The number of anilines is 1. The summed E-state index contributed by atoms with van der Waals surface area (Å²) in [6.45, 7) is 0. The van der Waals surface area contributed by atoms with Crippen LogP contribution in [0.4, 0.5) is 17.1 Å². The van der Waals surface area contributed by atoms with Gasteiger partial charge in [0.15, 0.2) is 0 Å². The Morgan fingerprint density at radius 2 is 1.65 bits per heavy atom. The van der Waals surface area contributed by atoms with Crippen molar-refractivity contribution >= 4 is 33.9 Å². The highest BCUT2D eigenvalue weighted by Gasteiger charge is 2.07. The van der Waals surface area contributed by atoms with Crippen molar-refractivity contribution < 1.29 is 9.90 Å². The number of aromatic carboxylic acids is 1. The molecule has 0 fully saturated rings. The number of carboxylic acids is 1. The van der Waals surface area contributed by atoms with Gasteiger partial charge in [-0.25, -0.2) is 4.79 Å². The molecular weight excluding hydrogens is 292 g/mol. The molecule has 0 aliphatic carbocycles. The Balaban J connectivity index is 1.84. The van der Waals surface area contributed by atoms with Gasteiger partial charge in [0.25, 0.3) is 0 Å². The zero-order valence-corrected chi connectivity index (χ0v) is 12.8. The van der Waals surface area contributed by atoms with Gasteiger partial charge in [-0.15, -0.1) is 0 Å². The molecular formula is C17H16N4O2. The number of azo groups is 1. The number of carbonyl (C=O) groups is 1. The zero-order valence-electron chi connectivity index (χ0n) is 12.8. The molecule has 6 nitrogen and oxygen atoms in total. The van der Waals surface area contributed by atoms with E-state index in [4.69, 9.17) is 5.11 Å². The Hall–Kier alpha value is -3.15. The SMILES string of the molecule is CN(C)c1ccc(N=Nc2ccc3[nH]c(C(=O)O)cc3c2)cc1. The summed E-state index contributed by atoms with van der Waals surface area (Å²) in [6.07, 6.45) is 0. The third kappa shape index (κ3) is 3.21. The highest BCUT2D eigenvalue weighted by Crippen LogP contribution is 2.25. The lowest BCUT2D eigenvalue weighted by Crippen LogP contribution is -2.07.